The Hall–Kier alpha value is -2.03. The molecule has 2 aromatic rings. The van der Waals surface area contributed by atoms with Crippen molar-refractivity contribution in [3.63, 3.8) is 0 Å². The Balaban J connectivity index is 2.27. The van der Waals surface area contributed by atoms with Crippen molar-refractivity contribution in [2.75, 3.05) is 17.2 Å². The quantitative estimate of drug-likeness (QED) is 0.890. The first kappa shape index (κ1) is 13.4. The Morgan fingerprint density at radius 3 is 2.53 bits per heavy atom. The van der Waals surface area contributed by atoms with Gasteiger partial charge in [-0.2, -0.15) is 0 Å². The van der Waals surface area contributed by atoms with Gasteiger partial charge in [0.25, 0.3) is 0 Å². The van der Waals surface area contributed by atoms with Gasteiger partial charge in [-0.3, -0.25) is 0 Å². The maximum atomic E-state index is 6.07. The standard InChI is InChI=1S/C16H21N3/c1-3-11-19(12-14-7-5-4-6-8-14)16-15(17)10-9-13(2)18-16/h4-10H,3,11-12,17H2,1-2H3. The number of aryl methyl sites for hydroxylation is 1. The number of nitrogens with zero attached hydrogens (tertiary/aromatic N) is 2. The summed E-state index contributed by atoms with van der Waals surface area (Å²) in [7, 11) is 0. The smallest absolute Gasteiger partial charge is 0.152 e. The molecule has 100 valence electrons. The molecule has 1 aromatic carbocycles. The van der Waals surface area contributed by atoms with Gasteiger partial charge in [-0.15, -0.1) is 0 Å². The Kier molecular flexibility index (Phi) is 4.39. The van der Waals surface area contributed by atoms with Gasteiger partial charge in [-0.25, -0.2) is 4.98 Å². The summed E-state index contributed by atoms with van der Waals surface area (Å²) in [5.41, 5.74) is 9.09. The van der Waals surface area contributed by atoms with E-state index in [1.165, 1.54) is 5.56 Å². The summed E-state index contributed by atoms with van der Waals surface area (Å²) in [5, 5.41) is 0. The molecule has 0 radical (unpaired) electrons. The van der Waals surface area contributed by atoms with Crippen molar-refractivity contribution >= 4 is 11.5 Å². The summed E-state index contributed by atoms with van der Waals surface area (Å²) < 4.78 is 0. The van der Waals surface area contributed by atoms with Gasteiger partial charge >= 0.3 is 0 Å². The molecule has 0 aliphatic carbocycles. The summed E-state index contributed by atoms with van der Waals surface area (Å²) in [6.07, 6.45) is 1.07. The van der Waals surface area contributed by atoms with E-state index in [1.54, 1.807) is 0 Å². The molecule has 1 heterocycles. The Morgan fingerprint density at radius 2 is 1.84 bits per heavy atom. The van der Waals surface area contributed by atoms with Crippen LogP contribution in [0, 0.1) is 6.92 Å². The molecule has 0 unspecified atom stereocenters. The molecule has 2 rings (SSSR count). The van der Waals surface area contributed by atoms with Crippen LogP contribution in [0.2, 0.25) is 0 Å². The number of rotatable bonds is 5. The zero-order valence-corrected chi connectivity index (χ0v) is 11.6. The molecule has 3 heteroatoms. The van der Waals surface area contributed by atoms with Gasteiger partial charge in [0.15, 0.2) is 5.82 Å². The second-order valence-corrected chi connectivity index (χ2v) is 4.77. The minimum atomic E-state index is 0.745. The maximum Gasteiger partial charge on any atom is 0.152 e. The number of hydrogen-bond donors (Lipinski definition) is 1. The normalized spacial score (nSPS) is 10.4. The lowest BCUT2D eigenvalue weighted by Gasteiger charge is -2.25. The highest BCUT2D eigenvalue weighted by Crippen LogP contribution is 2.22. The predicted octanol–water partition coefficient (Wildman–Crippen LogP) is 3.39. The summed E-state index contributed by atoms with van der Waals surface area (Å²) in [6.45, 7) is 5.96. The van der Waals surface area contributed by atoms with E-state index < -0.39 is 0 Å². The van der Waals surface area contributed by atoms with E-state index in [9.17, 15) is 0 Å². The molecule has 0 saturated carbocycles. The van der Waals surface area contributed by atoms with Crippen molar-refractivity contribution in [2.24, 2.45) is 0 Å². The van der Waals surface area contributed by atoms with Crippen molar-refractivity contribution in [1.29, 1.82) is 0 Å². The van der Waals surface area contributed by atoms with Crippen LogP contribution in [0.25, 0.3) is 0 Å². The van der Waals surface area contributed by atoms with Gasteiger partial charge in [0.05, 0.1) is 5.69 Å². The minimum absolute atomic E-state index is 0.745. The lowest BCUT2D eigenvalue weighted by atomic mass is 10.2. The fourth-order valence-corrected chi connectivity index (χ4v) is 2.14. The van der Waals surface area contributed by atoms with Gasteiger partial charge in [0, 0.05) is 18.8 Å². The molecule has 0 atom stereocenters. The molecule has 0 aliphatic rings. The molecule has 19 heavy (non-hydrogen) atoms. The third kappa shape index (κ3) is 3.47. The first-order chi connectivity index (χ1) is 9.20. The summed E-state index contributed by atoms with van der Waals surface area (Å²) in [5.74, 6) is 0.894. The van der Waals surface area contributed by atoms with Crippen molar-refractivity contribution in [3.05, 3.63) is 53.7 Å². The molecule has 0 bridgehead atoms. The molecule has 0 amide bonds. The fourth-order valence-electron chi connectivity index (χ4n) is 2.14. The summed E-state index contributed by atoms with van der Waals surface area (Å²) in [4.78, 5) is 6.84. The third-order valence-electron chi connectivity index (χ3n) is 3.05. The number of nitrogens with two attached hydrogens (primary N) is 1. The van der Waals surface area contributed by atoms with E-state index >= 15 is 0 Å². The van der Waals surface area contributed by atoms with E-state index in [0.717, 1.165) is 36.7 Å². The number of benzene rings is 1. The van der Waals surface area contributed by atoms with Gasteiger partial charge < -0.3 is 10.6 Å². The van der Waals surface area contributed by atoms with Crippen LogP contribution in [-0.4, -0.2) is 11.5 Å². The van der Waals surface area contributed by atoms with Crippen LogP contribution in [0.3, 0.4) is 0 Å². The molecule has 3 nitrogen and oxygen atoms in total. The van der Waals surface area contributed by atoms with Crippen molar-refractivity contribution in [1.82, 2.24) is 4.98 Å². The van der Waals surface area contributed by atoms with E-state index in [2.05, 4.69) is 41.1 Å². The van der Waals surface area contributed by atoms with Crippen LogP contribution in [0.5, 0.6) is 0 Å². The monoisotopic (exact) mass is 255 g/mol. The van der Waals surface area contributed by atoms with Crippen LogP contribution in [0.1, 0.15) is 24.6 Å². The van der Waals surface area contributed by atoms with Crippen LogP contribution in [0.15, 0.2) is 42.5 Å². The lowest BCUT2D eigenvalue weighted by Crippen LogP contribution is -2.25. The Morgan fingerprint density at radius 1 is 1.11 bits per heavy atom. The predicted molar refractivity (Wildman–Crippen MR) is 81.2 cm³/mol. The largest absolute Gasteiger partial charge is 0.396 e. The SMILES string of the molecule is CCCN(Cc1ccccc1)c1nc(C)ccc1N. The number of hydrogen-bond acceptors (Lipinski definition) is 3. The van der Waals surface area contributed by atoms with Crippen molar-refractivity contribution in [2.45, 2.75) is 26.8 Å². The summed E-state index contributed by atoms with van der Waals surface area (Å²) >= 11 is 0. The molecule has 0 aliphatic heterocycles. The number of pyridine rings is 1. The van der Waals surface area contributed by atoms with E-state index in [0.29, 0.717) is 0 Å². The molecule has 1 aromatic heterocycles. The first-order valence-electron chi connectivity index (χ1n) is 6.72. The second kappa shape index (κ2) is 6.23. The highest BCUT2D eigenvalue weighted by atomic mass is 15.2. The average Bonchev–Trinajstić information content (AvgIpc) is 2.42. The number of aromatic nitrogens is 1. The van der Waals surface area contributed by atoms with Crippen molar-refractivity contribution in [3.8, 4) is 0 Å². The average molecular weight is 255 g/mol. The number of nitrogen functional groups attached to an aromatic ring is 1. The van der Waals surface area contributed by atoms with E-state index in [-0.39, 0.29) is 0 Å². The minimum Gasteiger partial charge on any atom is -0.396 e. The molecular formula is C16H21N3. The second-order valence-electron chi connectivity index (χ2n) is 4.77. The highest BCUT2D eigenvalue weighted by Gasteiger charge is 2.11. The topological polar surface area (TPSA) is 42.2 Å². The zero-order valence-electron chi connectivity index (χ0n) is 11.6. The molecule has 2 N–H and O–H groups in total. The van der Waals surface area contributed by atoms with Crippen LogP contribution in [0.4, 0.5) is 11.5 Å². The molecule has 0 fully saturated rings. The van der Waals surface area contributed by atoms with Gasteiger partial charge in [-0.05, 0) is 31.0 Å². The highest BCUT2D eigenvalue weighted by molar-refractivity contribution is 5.63. The first-order valence-corrected chi connectivity index (χ1v) is 6.72. The van der Waals surface area contributed by atoms with Gasteiger partial charge in [0.1, 0.15) is 0 Å². The third-order valence-corrected chi connectivity index (χ3v) is 3.05. The summed E-state index contributed by atoms with van der Waals surface area (Å²) in [6, 6.07) is 14.3. The molecular weight excluding hydrogens is 234 g/mol. The lowest BCUT2D eigenvalue weighted by molar-refractivity contribution is 0.754. The maximum absolute atomic E-state index is 6.07. The Labute approximate surface area is 115 Å². The Bertz CT molecular complexity index is 523. The van der Waals surface area contributed by atoms with E-state index in [1.807, 2.05) is 25.1 Å². The van der Waals surface area contributed by atoms with Gasteiger partial charge in [0.2, 0.25) is 0 Å². The zero-order chi connectivity index (χ0) is 13.7. The van der Waals surface area contributed by atoms with E-state index in [4.69, 9.17) is 5.73 Å². The van der Waals surface area contributed by atoms with Crippen LogP contribution < -0.4 is 10.6 Å². The van der Waals surface area contributed by atoms with Gasteiger partial charge in [-0.1, -0.05) is 37.3 Å². The molecule has 0 saturated heterocycles. The van der Waals surface area contributed by atoms with Crippen LogP contribution >= 0.6 is 0 Å². The van der Waals surface area contributed by atoms with Crippen LogP contribution in [-0.2, 0) is 6.54 Å². The fraction of sp³-hybridized carbons (Fsp3) is 0.312. The molecule has 0 spiro atoms. The van der Waals surface area contributed by atoms with Crippen molar-refractivity contribution < 1.29 is 0 Å². The number of anilines is 2.